The van der Waals surface area contributed by atoms with Crippen molar-refractivity contribution in [3.8, 4) is 11.5 Å². The van der Waals surface area contributed by atoms with Gasteiger partial charge in [-0.3, -0.25) is 14.4 Å². The van der Waals surface area contributed by atoms with E-state index in [-0.39, 0.29) is 46.7 Å². The van der Waals surface area contributed by atoms with Crippen LogP contribution in [0.3, 0.4) is 0 Å². The van der Waals surface area contributed by atoms with Crippen molar-refractivity contribution >= 4 is 17.8 Å². The Morgan fingerprint density at radius 1 is 1.05 bits per heavy atom. The van der Waals surface area contributed by atoms with Crippen LogP contribution >= 0.6 is 0 Å². The number of ether oxygens (including phenoxy) is 3. The fraction of sp³-hybridized carbons (Fsp3) is 0.690. The second kappa shape index (κ2) is 10.6. The van der Waals surface area contributed by atoms with Crippen LogP contribution in [0.5, 0.6) is 11.5 Å². The number of carbonyl (C=O) groups is 3. The molecule has 0 aromatic heterocycles. The highest BCUT2D eigenvalue weighted by Crippen LogP contribution is 2.42. The third kappa shape index (κ3) is 5.44. The van der Waals surface area contributed by atoms with Gasteiger partial charge in [0.2, 0.25) is 5.91 Å². The van der Waals surface area contributed by atoms with E-state index < -0.39 is 35.1 Å². The molecule has 1 unspecified atom stereocenters. The molecule has 2 aliphatic heterocycles. The number of amides is 2. The molecule has 2 amide bonds. The number of carboxylic acids is 1. The summed E-state index contributed by atoms with van der Waals surface area (Å²) < 4.78 is 32.2. The van der Waals surface area contributed by atoms with E-state index in [2.05, 4.69) is 17.6 Å². The van der Waals surface area contributed by atoms with Gasteiger partial charge in [0.1, 0.15) is 5.75 Å². The summed E-state index contributed by atoms with van der Waals surface area (Å²) in [6, 6.07) is 1.95. The van der Waals surface area contributed by atoms with Crippen molar-refractivity contribution in [2.75, 3.05) is 13.7 Å². The number of benzene rings is 1. The van der Waals surface area contributed by atoms with Crippen molar-refractivity contribution in [1.29, 1.82) is 0 Å². The van der Waals surface area contributed by atoms with Crippen LogP contribution in [0.2, 0.25) is 0 Å². The third-order valence-corrected chi connectivity index (χ3v) is 9.47. The molecule has 2 bridgehead atoms. The highest BCUT2D eigenvalue weighted by atomic mass is 19.1. The van der Waals surface area contributed by atoms with Gasteiger partial charge in [0.05, 0.1) is 48.4 Å². The first-order valence-corrected chi connectivity index (χ1v) is 14.0. The topological polar surface area (TPSA) is 123 Å². The van der Waals surface area contributed by atoms with Gasteiger partial charge in [0.15, 0.2) is 11.6 Å². The first-order chi connectivity index (χ1) is 18.5. The first kappa shape index (κ1) is 27.7. The summed E-state index contributed by atoms with van der Waals surface area (Å²) in [6.45, 7) is 4.49. The predicted molar refractivity (Wildman–Crippen MR) is 139 cm³/mol. The van der Waals surface area contributed by atoms with Crippen LogP contribution < -0.4 is 20.1 Å². The fourth-order valence-electron chi connectivity index (χ4n) is 6.51. The van der Waals surface area contributed by atoms with E-state index in [1.165, 1.54) is 19.6 Å². The normalized spacial score (nSPS) is 32.7. The highest BCUT2D eigenvalue weighted by Gasteiger charge is 2.53. The number of carbonyl (C=O) groups excluding carboxylic acids is 2. The molecule has 0 spiro atoms. The van der Waals surface area contributed by atoms with Gasteiger partial charge in [-0.1, -0.05) is 13.3 Å². The van der Waals surface area contributed by atoms with Gasteiger partial charge in [0.25, 0.3) is 5.91 Å². The number of fused-ring (bicyclic) bond motifs is 2. The molecule has 2 aliphatic carbocycles. The standard InChI is InChI=1S/C29H39FN2O7/c1-28(9-4-10-28)15-31-26(34)23-19-5-6-20(39-19)24(23)32-25(33)17-13-22(18(30)14-21(17)37-3)38-16-7-11-29(2,12-8-16)27(35)36/h13-14,16,19-20,23-24H,4-12,15H2,1-3H3,(H,31,34)(H,32,33)(H,35,36)/t16?,19-,20+,23?,24-,29?/m0/s1. The Morgan fingerprint density at radius 3 is 2.36 bits per heavy atom. The smallest absolute Gasteiger partial charge is 0.309 e. The number of methoxy groups -OCH3 is 1. The lowest BCUT2D eigenvalue weighted by Crippen LogP contribution is -2.53. The molecule has 3 N–H and O–H groups in total. The molecule has 2 heterocycles. The second-order valence-corrected chi connectivity index (χ2v) is 12.4. The zero-order valence-electron chi connectivity index (χ0n) is 22.9. The number of carboxylic acid groups (broad SMARTS) is 1. The molecule has 4 atom stereocenters. The van der Waals surface area contributed by atoms with E-state index in [0.29, 0.717) is 32.2 Å². The number of aliphatic carboxylic acids is 1. The van der Waals surface area contributed by atoms with Crippen molar-refractivity contribution < 1.29 is 38.1 Å². The zero-order chi connectivity index (χ0) is 27.9. The van der Waals surface area contributed by atoms with Crippen LogP contribution in [0, 0.1) is 22.6 Å². The van der Waals surface area contributed by atoms with Crippen LogP contribution in [0.4, 0.5) is 4.39 Å². The Labute approximate surface area is 228 Å². The van der Waals surface area contributed by atoms with Gasteiger partial charge < -0.3 is 30.0 Å². The number of hydrogen-bond donors (Lipinski definition) is 3. The summed E-state index contributed by atoms with van der Waals surface area (Å²) >= 11 is 0. The van der Waals surface area contributed by atoms with E-state index in [1.54, 1.807) is 6.92 Å². The Morgan fingerprint density at radius 2 is 1.74 bits per heavy atom. The van der Waals surface area contributed by atoms with E-state index in [0.717, 1.165) is 31.7 Å². The predicted octanol–water partition coefficient (Wildman–Crippen LogP) is 3.83. The minimum Gasteiger partial charge on any atom is -0.496 e. The van der Waals surface area contributed by atoms with Gasteiger partial charge in [-0.25, -0.2) is 4.39 Å². The maximum absolute atomic E-state index is 14.9. The Hall–Kier alpha value is -2.88. The quantitative estimate of drug-likeness (QED) is 0.430. The summed E-state index contributed by atoms with van der Waals surface area (Å²) in [4.78, 5) is 38.2. The van der Waals surface area contributed by atoms with Gasteiger partial charge >= 0.3 is 5.97 Å². The average molecular weight is 547 g/mol. The molecule has 10 heteroatoms. The molecular formula is C29H39FN2O7. The van der Waals surface area contributed by atoms with Crippen LogP contribution in [0.25, 0.3) is 0 Å². The molecule has 2 saturated carbocycles. The van der Waals surface area contributed by atoms with Gasteiger partial charge in [-0.15, -0.1) is 0 Å². The minimum atomic E-state index is -0.843. The monoisotopic (exact) mass is 546 g/mol. The van der Waals surface area contributed by atoms with E-state index in [4.69, 9.17) is 14.2 Å². The summed E-state index contributed by atoms with van der Waals surface area (Å²) in [5.41, 5.74) is -0.580. The summed E-state index contributed by atoms with van der Waals surface area (Å²) in [6.07, 6.45) is 5.79. The Bertz CT molecular complexity index is 1130. The summed E-state index contributed by atoms with van der Waals surface area (Å²) in [7, 11) is 1.36. The van der Waals surface area contributed by atoms with Crippen LogP contribution in [0.15, 0.2) is 12.1 Å². The largest absolute Gasteiger partial charge is 0.496 e. The molecule has 0 radical (unpaired) electrons. The van der Waals surface area contributed by atoms with Crippen molar-refractivity contribution in [2.45, 2.75) is 96.0 Å². The average Bonchev–Trinajstić information content (AvgIpc) is 3.50. The first-order valence-electron chi connectivity index (χ1n) is 14.0. The molecule has 1 aromatic carbocycles. The zero-order valence-corrected chi connectivity index (χ0v) is 22.9. The van der Waals surface area contributed by atoms with Crippen LogP contribution in [-0.2, 0) is 14.3 Å². The summed E-state index contributed by atoms with van der Waals surface area (Å²) in [5, 5.41) is 15.5. The maximum atomic E-state index is 14.9. The molecule has 214 valence electrons. The molecule has 1 aromatic rings. The number of halogens is 1. The van der Waals surface area contributed by atoms with Gasteiger partial charge in [0, 0.05) is 12.6 Å². The minimum absolute atomic E-state index is 0.0578. The van der Waals surface area contributed by atoms with Gasteiger partial charge in [-0.2, -0.15) is 0 Å². The fourth-order valence-corrected chi connectivity index (χ4v) is 6.51. The van der Waals surface area contributed by atoms with Crippen molar-refractivity contribution in [3.63, 3.8) is 0 Å². The molecule has 9 nitrogen and oxygen atoms in total. The van der Waals surface area contributed by atoms with E-state index >= 15 is 0 Å². The molecule has 39 heavy (non-hydrogen) atoms. The number of rotatable bonds is 9. The number of hydrogen-bond acceptors (Lipinski definition) is 6. The Balaban J connectivity index is 1.28. The van der Waals surface area contributed by atoms with E-state index in [1.807, 2.05) is 0 Å². The van der Waals surface area contributed by atoms with Crippen molar-refractivity contribution in [3.05, 3.63) is 23.5 Å². The lowest BCUT2D eigenvalue weighted by atomic mass is 9.70. The summed E-state index contributed by atoms with van der Waals surface area (Å²) in [5.74, 6) is -2.64. The second-order valence-electron chi connectivity index (χ2n) is 12.4. The van der Waals surface area contributed by atoms with Crippen LogP contribution in [-0.4, -0.2) is 60.9 Å². The molecule has 4 fully saturated rings. The maximum Gasteiger partial charge on any atom is 0.309 e. The highest BCUT2D eigenvalue weighted by molar-refractivity contribution is 5.98. The van der Waals surface area contributed by atoms with E-state index in [9.17, 15) is 23.9 Å². The lowest BCUT2D eigenvalue weighted by molar-refractivity contribution is -0.150. The SMILES string of the molecule is COc1cc(F)c(OC2CCC(C)(C(=O)O)CC2)cc1C(=O)N[C@@H]1C(C(=O)NCC2(C)CCC2)[C@@H]2CC[C@H]1O2. The van der Waals surface area contributed by atoms with Crippen molar-refractivity contribution in [1.82, 2.24) is 10.6 Å². The van der Waals surface area contributed by atoms with Crippen LogP contribution in [0.1, 0.15) is 82.0 Å². The molecule has 4 aliphatic rings. The third-order valence-electron chi connectivity index (χ3n) is 9.47. The molecule has 5 rings (SSSR count). The van der Waals surface area contributed by atoms with Crippen molar-refractivity contribution in [2.24, 2.45) is 16.7 Å². The Kier molecular flexibility index (Phi) is 7.52. The molecule has 2 saturated heterocycles. The van der Waals surface area contributed by atoms with Gasteiger partial charge in [-0.05, 0) is 69.8 Å². The lowest BCUT2D eigenvalue weighted by Gasteiger charge is -2.39. The molecular weight excluding hydrogens is 507 g/mol. The number of nitrogens with one attached hydrogen (secondary N) is 2.